The first-order chi connectivity index (χ1) is 16.5. The van der Waals surface area contributed by atoms with E-state index in [0.29, 0.717) is 22.7 Å². The van der Waals surface area contributed by atoms with Crippen LogP contribution in [0.3, 0.4) is 0 Å². The Bertz CT molecular complexity index is 1530. The number of rotatable bonds is 5. The van der Waals surface area contributed by atoms with Crippen molar-refractivity contribution in [1.29, 1.82) is 0 Å². The fourth-order valence-electron chi connectivity index (χ4n) is 3.56. The summed E-state index contributed by atoms with van der Waals surface area (Å²) < 4.78 is 5.89. The summed E-state index contributed by atoms with van der Waals surface area (Å²) in [6.45, 7) is 0. The first kappa shape index (κ1) is 21.4. The van der Waals surface area contributed by atoms with Gasteiger partial charge in [-0.15, -0.1) is 0 Å². The maximum Gasteiger partial charge on any atom is 0.270 e. The Kier molecular flexibility index (Phi) is 5.53. The van der Waals surface area contributed by atoms with Crippen LogP contribution in [0.5, 0.6) is 0 Å². The highest BCUT2D eigenvalue weighted by Gasteiger charge is 2.17. The Morgan fingerprint density at radius 3 is 2.32 bits per heavy atom. The molecular weight excluding hydrogens is 454 g/mol. The molecule has 4 aromatic carbocycles. The Hall–Kier alpha value is -4.49. The van der Waals surface area contributed by atoms with Crippen LogP contribution in [0.25, 0.3) is 33.7 Å². The van der Waals surface area contributed by atoms with Crippen LogP contribution in [0, 0.1) is 10.1 Å². The lowest BCUT2D eigenvalue weighted by atomic mass is 10.0. The monoisotopic (exact) mass is 469 g/mol. The summed E-state index contributed by atoms with van der Waals surface area (Å²) in [5.74, 6) is -0.104. The fraction of sp³-hybridized carbons (Fsp3) is 0. The van der Waals surface area contributed by atoms with Crippen LogP contribution < -0.4 is 5.32 Å². The number of halogens is 1. The van der Waals surface area contributed by atoms with E-state index in [4.69, 9.17) is 16.0 Å². The van der Waals surface area contributed by atoms with Gasteiger partial charge in [-0.3, -0.25) is 14.9 Å². The van der Waals surface area contributed by atoms with Gasteiger partial charge in [0, 0.05) is 23.4 Å². The number of non-ortho nitro benzene ring substituents is 1. The summed E-state index contributed by atoms with van der Waals surface area (Å²) >= 11 is 6.07. The van der Waals surface area contributed by atoms with Gasteiger partial charge in [-0.25, -0.2) is 4.98 Å². The lowest BCUT2D eigenvalue weighted by Crippen LogP contribution is -2.12. The summed E-state index contributed by atoms with van der Waals surface area (Å²) in [5.41, 5.74) is 4.41. The number of oxazole rings is 1. The molecule has 7 nitrogen and oxygen atoms in total. The molecule has 0 spiro atoms. The SMILES string of the molecule is O=C(Nc1ccc2oc(-c3ccc(-c4ccccc4)cc3)nc2c1)c1cc([N+](=O)[O-])ccc1Cl. The van der Waals surface area contributed by atoms with E-state index in [9.17, 15) is 14.9 Å². The number of aromatic nitrogens is 1. The molecule has 34 heavy (non-hydrogen) atoms. The molecule has 1 aromatic heterocycles. The summed E-state index contributed by atoms with van der Waals surface area (Å²) in [6.07, 6.45) is 0. The predicted molar refractivity (Wildman–Crippen MR) is 131 cm³/mol. The highest BCUT2D eigenvalue weighted by Crippen LogP contribution is 2.29. The van der Waals surface area contributed by atoms with Gasteiger partial charge < -0.3 is 9.73 Å². The van der Waals surface area contributed by atoms with Crippen molar-refractivity contribution in [3.8, 4) is 22.6 Å². The van der Waals surface area contributed by atoms with Crippen molar-refractivity contribution >= 4 is 40.0 Å². The summed E-state index contributed by atoms with van der Waals surface area (Å²) in [5, 5.41) is 13.8. The molecule has 0 aliphatic carbocycles. The van der Waals surface area contributed by atoms with Crippen LogP contribution in [-0.4, -0.2) is 15.8 Å². The summed E-state index contributed by atoms with van der Waals surface area (Å²) in [4.78, 5) is 27.6. The van der Waals surface area contributed by atoms with Crippen molar-refractivity contribution in [3.05, 3.63) is 112 Å². The first-order valence-electron chi connectivity index (χ1n) is 10.3. The molecule has 0 fully saturated rings. The quantitative estimate of drug-likeness (QED) is 0.221. The number of fused-ring (bicyclic) bond motifs is 1. The third-order valence-electron chi connectivity index (χ3n) is 5.29. The third kappa shape index (κ3) is 4.24. The minimum absolute atomic E-state index is 0.00955. The van der Waals surface area contributed by atoms with E-state index in [0.717, 1.165) is 22.8 Å². The number of carbonyl (C=O) groups is 1. The van der Waals surface area contributed by atoms with Crippen LogP contribution >= 0.6 is 11.6 Å². The maximum atomic E-state index is 12.7. The van der Waals surface area contributed by atoms with Crippen molar-refractivity contribution < 1.29 is 14.1 Å². The molecule has 0 saturated carbocycles. The van der Waals surface area contributed by atoms with Gasteiger partial charge in [-0.1, -0.05) is 54.1 Å². The Balaban J connectivity index is 1.39. The molecule has 0 saturated heterocycles. The maximum absolute atomic E-state index is 12.7. The number of nitro benzene ring substituents is 1. The topological polar surface area (TPSA) is 98.3 Å². The Labute approximate surface area is 198 Å². The van der Waals surface area contributed by atoms with Crippen LogP contribution in [0.15, 0.2) is 95.4 Å². The van der Waals surface area contributed by atoms with Crippen molar-refractivity contribution in [2.24, 2.45) is 0 Å². The van der Waals surface area contributed by atoms with Crippen molar-refractivity contribution in [2.45, 2.75) is 0 Å². The number of nitrogens with zero attached hydrogens (tertiary/aromatic N) is 2. The van der Waals surface area contributed by atoms with Crippen molar-refractivity contribution in [2.75, 3.05) is 5.32 Å². The molecule has 166 valence electrons. The van der Waals surface area contributed by atoms with Gasteiger partial charge in [0.25, 0.3) is 11.6 Å². The number of benzene rings is 4. The van der Waals surface area contributed by atoms with Gasteiger partial charge >= 0.3 is 0 Å². The lowest BCUT2D eigenvalue weighted by Gasteiger charge is -2.06. The number of hydrogen-bond donors (Lipinski definition) is 1. The van der Waals surface area contributed by atoms with Gasteiger partial charge in [-0.05, 0) is 47.5 Å². The zero-order valence-electron chi connectivity index (χ0n) is 17.6. The summed E-state index contributed by atoms with van der Waals surface area (Å²) in [7, 11) is 0. The number of amides is 1. The van der Waals surface area contributed by atoms with Gasteiger partial charge in [0.05, 0.1) is 15.5 Å². The van der Waals surface area contributed by atoms with Gasteiger partial charge in [0.1, 0.15) is 5.52 Å². The normalized spacial score (nSPS) is 10.9. The van der Waals surface area contributed by atoms with E-state index in [1.165, 1.54) is 12.1 Å². The van der Waals surface area contributed by atoms with Gasteiger partial charge in [-0.2, -0.15) is 0 Å². The smallest absolute Gasteiger partial charge is 0.270 e. The lowest BCUT2D eigenvalue weighted by molar-refractivity contribution is -0.384. The molecular formula is C26H16ClN3O4. The molecule has 1 heterocycles. The third-order valence-corrected chi connectivity index (χ3v) is 5.62. The molecule has 0 bridgehead atoms. The largest absolute Gasteiger partial charge is 0.436 e. The molecule has 8 heteroatoms. The first-order valence-corrected chi connectivity index (χ1v) is 10.7. The van der Waals surface area contributed by atoms with Crippen molar-refractivity contribution in [3.63, 3.8) is 0 Å². The molecule has 0 radical (unpaired) electrons. The number of carbonyl (C=O) groups excluding carboxylic acids is 1. The highest BCUT2D eigenvalue weighted by atomic mass is 35.5. The standard InChI is InChI=1S/C26H16ClN3O4/c27-22-12-11-20(30(32)33)15-21(22)25(31)28-19-10-13-24-23(14-19)29-26(34-24)18-8-6-17(7-9-18)16-4-2-1-3-5-16/h1-15H,(H,28,31). The van der Waals surface area contributed by atoms with Crippen LogP contribution in [-0.2, 0) is 0 Å². The molecule has 0 unspecified atom stereocenters. The molecule has 0 aliphatic rings. The number of nitro groups is 1. The Morgan fingerprint density at radius 1 is 0.882 bits per heavy atom. The van der Waals surface area contributed by atoms with Crippen LogP contribution in [0.2, 0.25) is 5.02 Å². The summed E-state index contributed by atoms with van der Waals surface area (Å²) in [6, 6.07) is 26.7. The molecule has 0 atom stereocenters. The second kappa shape index (κ2) is 8.80. The minimum atomic E-state index is -0.581. The molecule has 1 N–H and O–H groups in total. The number of anilines is 1. The number of hydrogen-bond acceptors (Lipinski definition) is 5. The Morgan fingerprint density at radius 2 is 1.59 bits per heavy atom. The van der Waals surface area contributed by atoms with Gasteiger partial charge in [0.2, 0.25) is 5.89 Å². The average Bonchev–Trinajstić information content (AvgIpc) is 3.28. The van der Waals surface area contributed by atoms with E-state index in [2.05, 4.69) is 10.3 Å². The van der Waals surface area contributed by atoms with Crippen LogP contribution in [0.1, 0.15) is 10.4 Å². The highest BCUT2D eigenvalue weighted by molar-refractivity contribution is 6.34. The van der Waals surface area contributed by atoms with E-state index < -0.39 is 10.8 Å². The van der Waals surface area contributed by atoms with E-state index >= 15 is 0 Å². The minimum Gasteiger partial charge on any atom is -0.436 e. The molecule has 5 rings (SSSR count). The second-order valence-corrected chi connectivity index (χ2v) is 7.93. The van der Waals surface area contributed by atoms with E-state index in [-0.39, 0.29) is 16.3 Å². The average molecular weight is 470 g/mol. The molecule has 1 amide bonds. The van der Waals surface area contributed by atoms with Crippen molar-refractivity contribution in [1.82, 2.24) is 4.98 Å². The van der Waals surface area contributed by atoms with Gasteiger partial charge in [0.15, 0.2) is 5.58 Å². The van der Waals surface area contributed by atoms with Crippen LogP contribution in [0.4, 0.5) is 11.4 Å². The zero-order chi connectivity index (χ0) is 23.7. The van der Waals surface area contributed by atoms with E-state index in [1.54, 1.807) is 18.2 Å². The molecule has 0 aliphatic heterocycles. The molecule has 5 aromatic rings. The second-order valence-electron chi connectivity index (χ2n) is 7.52. The zero-order valence-corrected chi connectivity index (χ0v) is 18.3. The van der Waals surface area contributed by atoms with E-state index in [1.807, 2.05) is 54.6 Å². The predicted octanol–water partition coefficient (Wildman–Crippen LogP) is 6.98. The number of nitrogens with one attached hydrogen (secondary N) is 1. The fourth-order valence-corrected chi connectivity index (χ4v) is 3.77.